The summed E-state index contributed by atoms with van der Waals surface area (Å²) >= 11 is 0. The number of aryl methyl sites for hydroxylation is 2. The second kappa shape index (κ2) is 8.05. The minimum Gasteiger partial charge on any atom is -0.489 e. The van der Waals surface area contributed by atoms with Gasteiger partial charge in [0.1, 0.15) is 18.1 Å². The lowest BCUT2D eigenvalue weighted by Crippen LogP contribution is -2.13. The van der Waals surface area contributed by atoms with E-state index in [2.05, 4.69) is 10.5 Å². The minimum atomic E-state index is -0.217. The predicted octanol–water partition coefficient (Wildman–Crippen LogP) is 3.92. The van der Waals surface area contributed by atoms with Crippen LogP contribution in [0.2, 0.25) is 0 Å². The fourth-order valence-electron chi connectivity index (χ4n) is 2.75. The Balaban J connectivity index is 1.65. The van der Waals surface area contributed by atoms with E-state index in [4.69, 9.17) is 9.26 Å². The smallest absolute Gasteiger partial charge is 0.255 e. The Morgan fingerprint density at radius 1 is 1.15 bits per heavy atom. The number of hydrogen-bond acceptors (Lipinski definition) is 5. The molecule has 0 spiro atoms. The highest BCUT2D eigenvalue weighted by Gasteiger charge is 2.11. The molecule has 3 rings (SSSR count). The molecule has 0 radical (unpaired) electrons. The number of nitrogens with zero attached hydrogens (tertiary/aromatic N) is 1. The number of rotatable bonds is 6. The molecule has 2 aromatic carbocycles. The third-order valence-corrected chi connectivity index (χ3v) is 4.55. The van der Waals surface area contributed by atoms with Gasteiger partial charge in [-0.15, -0.1) is 0 Å². The quantitative estimate of drug-likeness (QED) is 0.691. The topological polar surface area (TPSA) is 84.6 Å². The van der Waals surface area contributed by atoms with Gasteiger partial charge in [-0.2, -0.15) is 0 Å². The number of carbonyl (C=O) groups excluding carboxylic acids is 1. The summed E-state index contributed by atoms with van der Waals surface area (Å²) in [6.07, 6.45) is 0. The summed E-state index contributed by atoms with van der Waals surface area (Å²) in [5.41, 5.74) is 4.59. The Kier molecular flexibility index (Phi) is 5.57. The van der Waals surface area contributed by atoms with Gasteiger partial charge in [-0.3, -0.25) is 4.79 Å². The van der Waals surface area contributed by atoms with Crippen molar-refractivity contribution in [1.82, 2.24) is 5.16 Å². The van der Waals surface area contributed by atoms with E-state index in [1.54, 1.807) is 30.3 Å². The normalized spacial score (nSPS) is 10.7. The Bertz CT molecular complexity index is 926. The summed E-state index contributed by atoms with van der Waals surface area (Å²) in [4.78, 5) is 12.5. The molecule has 0 aliphatic heterocycles. The average Bonchev–Trinajstić information content (AvgIpc) is 3.00. The lowest BCUT2D eigenvalue weighted by molar-refractivity contribution is 0.102. The van der Waals surface area contributed by atoms with Crippen LogP contribution in [0.25, 0.3) is 0 Å². The van der Waals surface area contributed by atoms with Crippen molar-refractivity contribution in [3.05, 3.63) is 76.2 Å². The van der Waals surface area contributed by atoms with E-state index in [1.807, 2.05) is 32.9 Å². The molecule has 140 valence electrons. The molecule has 6 heteroatoms. The van der Waals surface area contributed by atoms with Gasteiger partial charge in [-0.1, -0.05) is 17.3 Å². The van der Waals surface area contributed by atoms with Gasteiger partial charge in [0.2, 0.25) is 0 Å². The maximum absolute atomic E-state index is 12.5. The fraction of sp³-hybridized carbons (Fsp3) is 0.238. The van der Waals surface area contributed by atoms with Crippen molar-refractivity contribution < 1.29 is 19.2 Å². The number of aliphatic hydroxyl groups excluding tert-OH is 1. The fourth-order valence-corrected chi connectivity index (χ4v) is 2.75. The van der Waals surface area contributed by atoms with Crippen LogP contribution in [0.15, 0.2) is 47.0 Å². The first kappa shape index (κ1) is 18.7. The third-order valence-electron chi connectivity index (χ3n) is 4.55. The van der Waals surface area contributed by atoms with Crippen LogP contribution in [0.4, 0.5) is 5.69 Å². The molecule has 2 N–H and O–H groups in total. The number of amides is 1. The molecule has 27 heavy (non-hydrogen) atoms. The highest BCUT2D eigenvalue weighted by atomic mass is 16.5. The van der Waals surface area contributed by atoms with Crippen LogP contribution >= 0.6 is 0 Å². The number of benzene rings is 2. The molecule has 0 fully saturated rings. The lowest BCUT2D eigenvalue weighted by atomic mass is 10.1. The number of aliphatic hydroxyl groups is 1. The first-order valence-corrected chi connectivity index (χ1v) is 8.65. The first-order valence-electron chi connectivity index (χ1n) is 8.65. The van der Waals surface area contributed by atoms with E-state index >= 15 is 0 Å². The highest BCUT2D eigenvalue weighted by Crippen LogP contribution is 2.21. The van der Waals surface area contributed by atoms with Crippen molar-refractivity contribution in [2.75, 3.05) is 5.32 Å². The summed E-state index contributed by atoms with van der Waals surface area (Å²) in [6, 6.07) is 12.4. The largest absolute Gasteiger partial charge is 0.489 e. The third kappa shape index (κ3) is 4.17. The standard InChI is InChI=1S/C21H22N2O4/c1-13-17(11-24)5-4-6-20(13)22-21(25)16-7-9-18(10-8-16)26-12-19-14(2)23-27-15(19)3/h4-10,24H,11-12H2,1-3H3,(H,22,25). The summed E-state index contributed by atoms with van der Waals surface area (Å²) in [5.74, 6) is 1.18. The zero-order valence-electron chi connectivity index (χ0n) is 15.6. The second-order valence-corrected chi connectivity index (χ2v) is 6.32. The van der Waals surface area contributed by atoms with E-state index in [1.165, 1.54) is 0 Å². The number of anilines is 1. The van der Waals surface area contributed by atoms with Crippen LogP contribution < -0.4 is 10.1 Å². The van der Waals surface area contributed by atoms with Crippen LogP contribution in [-0.2, 0) is 13.2 Å². The summed E-state index contributed by atoms with van der Waals surface area (Å²) < 4.78 is 10.9. The monoisotopic (exact) mass is 366 g/mol. The molecule has 1 aromatic heterocycles. The van der Waals surface area contributed by atoms with Crippen molar-refractivity contribution in [3.63, 3.8) is 0 Å². The summed E-state index contributed by atoms with van der Waals surface area (Å²) in [5, 5.41) is 16.1. The number of hydrogen-bond donors (Lipinski definition) is 2. The molecular weight excluding hydrogens is 344 g/mol. The van der Waals surface area contributed by atoms with Crippen LogP contribution in [0, 0.1) is 20.8 Å². The number of nitrogens with one attached hydrogen (secondary N) is 1. The predicted molar refractivity (Wildman–Crippen MR) is 102 cm³/mol. The van der Waals surface area contributed by atoms with E-state index in [0.717, 1.165) is 28.1 Å². The first-order chi connectivity index (χ1) is 13.0. The van der Waals surface area contributed by atoms with Crippen LogP contribution in [0.3, 0.4) is 0 Å². The molecule has 0 saturated heterocycles. The van der Waals surface area contributed by atoms with Gasteiger partial charge in [0, 0.05) is 11.3 Å². The van der Waals surface area contributed by atoms with Crippen LogP contribution in [0.5, 0.6) is 5.75 Å². The number of ether oxygens (including phenoxy) is 1. The molecule has 0 bridgehead atoms. The van der Waals surface area contributed by atoms with Crippen molar-refractivity contribution in [2.45, 2.75) is 34.0 Å². The maximum Gasteiger partial charge on any atom is 0.255 e. The molecular formula is C21H22N2O4. The molecule has 0 aliphatic carbocycles. The minimum absolute atomic E-state index is 0.0628. The van der Waals surface area contributed by atoms with E-state index in [9.17, 15) is 9.90 Å². The molecule has 0 atom stereocenters. The van der Waals surface area contributed by atoms with E-state index in [-0.39, 0.29) is 12.5 Å². The van der Waals surface area contributed by atoms with Gasteiger partial charge in [0.05, 0.1) is 17.9 Å². The second-order valence-electron chi connectivity index (χ2n) is 6.32. The Morgan fingerprint density at radius 3 is 2.52 bits per heavy atom. The molecule has 1 heterocycles. The average molecular weight is 366 g/mol. The highest BCUT2D eigenvalue weighted by molar-refractivity contribution is 6.04. The Morgan fingerprint density at radius 2 is 1.89 bits per heavy atom. The summed E-state index contributed by atoms with van der Waals surface area (Å²) in [6.45, 7) is 5.88. The molecule has 0 aliphatic rings. The van der Waals surface area contributed by atoms with Gasteiger partial charge in [0.25, 0.3) is 5.91 Å². The van der Waals surface area contributed by atoms with Gasteiger partial charge in [0.15, 0.2) is 0 Å². The molecule has 6 nitrogen and oxygen atoms in total. The van der Waals surface area contributed by atoms with Crippen molar-refractivity contribution in [3.8, 4) is 5.75 Å². The lowest BCUT2D eigenvalue weighted by Gasteiger charge is -2.12. The maximum atomic E-state index is 12.5. The van der Waals surface area contributed by atoms with Gasteiger partial charge >= 0.3 is 0 Å². The van der Waals surface area contributed by atoms with Gasteiger partial charge in [-0.25, -0.2) is 0 Å². The van der Waals surface area contributed by atoms with E-state index in [0.29, 0.717) is 23.6 Å². The van der Waals surface area contributed by atoms with Gasteiger partial charge < -0.3 is 19.7 Å². The van der Waals surface area contributed by atoms with Crippen molar-refractivity contribution >= 4 is 11.6 Å². The van der Waals surface area contributed by atoms with Crippen LogP contribution in [-0.4, -0.2) is 16.2 Å². The zero-order chi connectivity index (χ0) is 19.4. The molecule has 0 saturated carbocycles. The SMILES string of the molecule is Cc1noc(C)c1COc1ccc(C(=O)Nc2cccc(CO)c2C)cc1. The molecule has 1 amide bonds. The zero-order valence-corrected chi connectivity index (χ0v) is 15.6. The van der Waals surface area contributed by atoms with Crippen molar-refractivity contribution in [2.24, 2.45) is 0 Å². The summed E-state index contributed by atoms with van der Waals surface area (Å²) in [7, 11) is 0. The van der Waals surface area contributed by atoms with Gasteiger partial charge in [-0.05, 0) is 62.2 Å². The number of aromatic nitrogens is 1. The molecule has 0 unspecified atom stereocenters. The Hall–Kier alpha value is -3.12. The van der Waals surface area contributed by atoms with Crippen molar-refractivity contribution in [1.29, 1.82) is 0 Å². The van der Waals surface area contributed by atoms with Crippen LogP contribution in [0.1, 0.15) is 38.5 Å². The molecule has 3 aromatic rings. The number of carbonyl (C=O) groups is 1. The Labute approximate surface area is 157 Å². The van der Waals surface area contributed by atoms with E-state index < -0.39 is 0 Å².